The van der Waals surface area contributed by atoms with Gasteiger partial charge in [0.2, 0.25) is 11.8 Å². The van der Waals surface area contributed by atoms with Gasteiger partial charge in [-0.3, -0.25) is 9.59 Å². The maximum absolute atomic E-state index is 12.8. The number of rotatable bonds is 8. The van der Waals surface area contributed by atoms with E-state index in [1.54, 1.807) is 0 Å². The summed E-state index contributed by atoms with van der Waals surface area (Å²) in [7, 11) is 0. The zero-order valence-corrected chi connectivity index (χ0v) is 17.5. The summed E-state index contributed by atoms with van der Waals surface area (Å²) in [6.07, 6.45) is 0.205. The van der Waals surface area contributed by atoms with Crippen LogP contribution in [-0.2, 0) is 9.59 Å². The van der Waals surface area contributed by atoms with Crippen LogP contribution >= 0.6 is 0 Å². The summed E-state index contributed by atoms with van der Waals surface area (Å²) < 4.78 is 0. The maximum Gasteiger partial charge on any atom is 0.222 e. The fourth-order valence-electron chi connectivity index (χ4n) is 3.32. The standard InChI is InChI=1S/C24H32N2O2/c1-16(2)19-11-13-21(14-12-19)24(17(3)4)26-23(28)15-22(25-18(5)27)20-9-7-6-8-10-20/h6-14,16-17,22,24H,15H2,1-5H3,(H,25,27)(H,26,28). The largest absolute Gasteiger partial charge is 0.349 e. The Morgan fingerprint density at radius 2 is 1.36 bits per heavy atom. The topological polar surface area (TPSA) is 58.2 Å². The van der Waals surface area contributed by atoms with Crippen LogP contribution in [0.2, 0.25) is 0 Å². The lowest BCUT2D eigenvalue weighted by Gasteiger charge is -2.25. The molecule has 0 aliphatic rings. The van der Waals surface area contributed by atoms with Crippen molar-refractivity contribution in [3.63, 3.8) is 0 Å². The van der Waals surface area contributed by atoms with Crippen molar-refractivity contribution in [1.29, 1.82) is 0 Å². The summed E-state index contributed by atoms with van der Waals surface area (Å²) in [5.74, 6) is 0.510. The summed E-state index contributed by atoms with van der Waals surface area (Å²) in [5, 5.41) is 6.05. The van der Waals surface area contributed by atoms with Crippen LogP contribution in [0, 0.1) is 5.92 Å². The molecule has 0 aromatic heterocycles. The molecule has 2 aromatic carbocycles. The van der Waals surface area contributed by atoms with Gasteiger partial charge in [0.05, 0.1) is 18.5 Å². The first-order valence-corrected chi connectivity index (χ1v) is 9.99. The molecule has 0 aliphatic carbocycles. The van der Waals surface area contributed by atoms with E-state index < -0.39 is 0 Å². The summed E-state index contributed by atoms with van der Waals surface area (Å²) in [6.45, 7) is 10.0. The van der Waals surface area contributed by atoms with E-state index in [0.717, 1.165) is 11.1 Å². The van der Waals surface area contributed by atoms with Crippen LogP contribution in [0.15, 0.2) is 54.6 Å². The maximum atomic E-state index is 12.8. The lowest BCUT2D eigenvalue weighted by molar-refractivity contribution is -0.123. The lowest BCUT2D eigenvalue weighted by atomic mass is 9.93. The van der Waals surface area contributed by atoms with Crippen molar-refractivity contribution in [3.8, 4) is 0 Å². The summed E-state index contributed by atoms with van der Waals surface area (Å²) >= 11 is 0. The normalized spacial score (nSPS) is 13.2. The van der Waals surface area contributed by atoms with Crippen molar-refractivity contribution in [2.75, 3.05) is 0 Å². The van der Waals surface area contributed by atoms with Crippen LogP contribution in [0.5, 0.6) is 0 Å². The molecule has 0 aliphatic heterocycles. The van der Waals surface area contributed by atoms with Crippen LogP contribution in [0.1, 0.15) is 75.7 Å². The molecular formula is C24H32N2O2. The molecule has 4 heteroatoms. The summed E-state index contributed by atoms with van der Waals surface area (Å²) in [5.41, 5.74) is 3.31. The van der Waals surface area contributed by atoms with E-state index in [2.05, 4.69) is 62.6 Å². The smallest absolute Gasteiger partial charge is 0.222 e. The van der Waals surface area contributed by atoms with Gasteiger partial charge in [0, 0.05) is 6.92 Å². The summed E-state index contributed by atoms with van der Waals surface area (Å²) in [6, 6.07) is 17.7. The second-order valence-electron chi connectivity index (χ2n) is 7.98. The Hall–Kier alpha value is -2.62. The van der Waals surface area contributed by atoms with Crippen LogP contribution in [0.4, 0.5) is 0 Å². The van der Waals surface area contributed by atoms with Gasteiger partial charge in [0.25, 0.3) is 0 Å². The Balaban J connectivity index is 2.13. The van der Waals surface area contributed by atoms with Gasteiger partial charge >= 0.3 is 0 Å². The molecule has 150 valence electrons. The monoisotopic (exact) mass is 380 g/mol. The Bertz CT molecular complexity index is 767. The van der Waals surface area contributed by atoms with Crippen LogP contribution < -0.4 is 10.6 Å². The fourth-order valence-corrected chi connectivity index (χ4v) is 3.32. The quantitative estimate of drug-likeness (QED) is 0.685. The Labute approximate surface area is 168 Å². The second-order valence-corrected chi connectivity index (χ2v) is 7.98. The highest BCUT2D eigenvalue weighted by atomic mass is 16.2. The molecule has 2 N–H and O–H groups in total. The molecule has 2 rings (SSSR count). The average Bonchev–Trinajstić information content (AvgIpc) is 2.66. The van der Waals surface area contributed by atoms with Gasteiger partial charge in [-0.25, -0.2) is 0 Å². The molecule has 2 unspecified atom stereocenters. The molecule has 4 nitrogen and oxygen atoms in total. The average molecular weight is 381 g/mol. The minimum absolute atomic E-state index is 0.0672. The van der Waals surface area contributed by atoms with Crippen LogP contribution in [0.25, 0.3) is 0 Å². The highest BCUT2D eigenvalue weighted by Crippen LogP contribution is 2.25. The SMILES string of the molecule is CC(=O)NC(CC(=O)NC(c1ccc(C(C)C)cc1)C(C)C)c1ccccc1. The number of carbonyl (C=O) groups is 2. The van der Waals surface area contributed by atoms with Crippen molar-refractivity contribution in [2.45, 2.75) is 59.0 Å². The van der Waals surface area contributed by atoms with Crippen molar-refractivity contribution in [1.82, 2.24) is 10.6 Å². The van der Waals surface area contributed by atoms with E-state index >= 15 is 0 Å². The van der Waals surface area contributed by atoms with E-state index in [9.17, 15) is 9.59 Å². The zero-order valence-electron chi connectivity index (χ0n) is 17.5. The molecule has 0 heterocycles. The summed E-state index contributed by atoms with van der Waals surface area (Å²) in [4.78, 5) is 24.4. The molecule has 0 bridgehead atoms. The number of benzene rings is 2. The van der Waals surface area contributed by atoms with Crippen LogP contribution in [0.3, 0.4) is 0 Å². The number of hydrogen-bond donors (Lipinski definition) is 2. The first-order valence-electron chi connectivity index (χ1n) is 9.99. The Morgan fingerprint density at radius 3 is 1.86 bits per heavy atom. The van der Waals surface area contributed by atoms with Gasteiger partial charge in [0.1, 0.15) is 0 Å². The van der Waals surface area contributed by atoms with Gasteiger partial charge in [-0.05, 0) is 28.5 Å². The van der Waals surface area contributed by atoms with Crippen LogP contribution in [-0.4, -0.2) is 11.8 Å². The number of nitrogens with one attached hydrogen (secondary N) is 2. The second kappa shape index (κ2) is 10.1. The molecular weight excluding hydrogens is 348 g/mol. The molecule has 0 radical (unpaired) electrons. The minimum atomic E-state index is -0.338. The van der Waals surface area contributed by atoms with Crippen molar-refractivity contribution in [3.05, 3.63) is 71.3 Å². The van der Waals surface area contributed by atoms with E-state index in [0.29, 0.717) is 5.92 Å². The van der Waals surface area contributed by atoms with Gasteiger partial charge in [0.15, 0.2) is 0 Å². The van der Waals surface area contributed by atoms with E-state index in [4.69, 9.17) is 0 Å². The molecule has 0 fully saturated rings. The fraction of sp³-hybridized carbons (Fsp3) is 0.417. The Morgan fingerprint density at radius 1 is 0.786 bits per heavy atom. The minimum Gasteiger partial charge on any atom is -0.349 e. The molecule has 0 saturated heterocycles. The lowest BCUT2D eigenvalue weighted by Crippen LogP contribution is -2.36. The van der Waals surface area contributed by atoms with Crippen molar-refractivity contribution in [2.24, 2.45) is 5.92 Å². The first kappa shape index (κ1) is 21.7. The van der Waals surface area contributed by atoms with Gasteiger partial charge in [-0.1, -0.05) is 82.3 Å². The van der Waals surface area contributed by atoms with E-state index in [1.807, 2.05) is 30.3 Å². The third-order valence-corrected chi connectivity index (χ3v) is 4.91. The molecule has 0 saturated carbocycles. The van der Waals surface area contributed by atoms with Gasteiger partial charge in [-0.15, -0.1) is 0 Å². The third-order valence-electron chi connectivity index (χ3n) is 4.91. The first-order chi connectivity index (χ1) is 13.3. The molecule has 2 aromatic rings. The zero-order chi connectivity index (χ0) is 20.7. The van der Waals surface area contributed by atoms with E-state index in [-0.39, 0.29) is 36.2 Å². The van der Waals surface area contributed by atoms with E-state index in [1.165, 1.54) is 12.5 Å². The number of amides is 2. The van der Waals surface area contributed by atoms with Crippen molar-refractivity contribution >= 4 is 11.8 Å². The number of hydrogen-bond acceptors (Lipinski definition) is 2. The van der Waals surface area contributed by atoms with Gasteiger partial charge < -0.3 is 10.6 Å². The molecule has 0 spiro atoms. The molecule has 28 heavy (non-hydrogen) atoms. The Kier molecular flexibility index (Phi) is 7.80. The number of carbonyl (C=O) groups excluding carboxylic acids is 2. The van der Waals surface area contributed by atoms with Gasteiger partial charge in [-0.2, -0.15) is 0 Å². The molecule has 2 atom stereocenters. The third kappa shape index (κ3) is 6.22. The highest BCUT2D eigenvalue weighted by Gasteiger charge is 2.22. The predicted octanol–water partition coefficient (Wildman–Crippen LogP) is 4.89. The highest BCUT2D eigenvalue weighted by molar-refractivity contribution is 5.79. The molecule has 2 amide bonds. The predicted molar refractivity (Wildman–Crippen MR) is 114 cm³/mol. The van der Waals surface area contributed by atoms with Crippen molar-refractivity contribution < 1.29 is 9.59 Å².